The molecule has 0 amide bonds. The lowest BCUT2D eigenvalue weighted by Gasteiger charge is -2.32. The standard InChI is InChI=1S/C22H29F2N4O9P/c1-12(2)35-19(31)13(3)27-38(33,37-14-7-5-4-6-8-14)34-11-22(20(23)24)17(30)16(29)18(36-22)28-10-9-15(25)26-21(28)32/h4-10,12-13,16-18,20,29-30H,11H2,1-3H3,(H,27,33)(H2,25,26,32). The summed E-state index contributed by atoms with van der Waals surface area (Å²) >= 11 is 0. The summed E-state index contributed by atoms with van der Waals surface area (Å²) in [5.41, 5.74) is 1.43. The molecule has 2 aromatic rings. The quantitative estimate of drug-likeness (QED) is 0.227. The monoisotopic (exact) mass is 562 g/mol. The van der Waals surface area contributed by atoms with Crippen LogP contribution in [0, 0.1) is 0 Å². The largest absolute Gasteiger partial charge is 0.462 e. The zero-order valence-electron chi connectivity index (χ0n) is 20.6. The highest BCUT2D eigenvalue weighted by molar-refractivity contribution is 7.52. The van der Waals surface area contributed by atoms with Gasteiger partial charge in [0.15, 0.2) is 11.8 Å². The Bertz CT molecular complexity index is 1220. The number of hydrogen-bond donors (Lipinski definition) is 4. The lowest BCUT2D eigenvalue weighted by atomic mass is 9.96. The van der Waals surface area contributed by atoms with Gasteiger partial charge in [0, 0.05) is 6.20 Å². The number of halogens is 2. The van der Waals surface area contributed by atoms with Gasteiger partial charge in [-0.3, -0.25) is 13.9 Å². The number of nitrogens with zero attached hydrogens (tertiary/aromatic N) is 2. The van der Waals surface area contributed by atoms with Crippen LogP contribution in [0.4, 0.5) is 14.6 Å². The number of aliphatic hydroxyl groups excluding tert-OH is 2. The van der Waals surface area contributed by atoms with Crippen molar-refractivity contribution in [3.63, 3.8) is 0 Å². The molecule has 210 valence electrons. The molecular weight excluding hydrogens is 533 g/mol. The maximum Gasteiger partial charge on any atom is 0.459 e. The van der Waals surface area contributed by atoms with Gasteiger partial charge in [-0.2, -0.15) is 10.1 Å². The Morgan fingerprint density at radius 2 is 1.92 bits per heavy atom. The van der Waals surface area contributed by atoms with Crippen LogP contribution in [-0.2, 0) is 23.4 Å². The molecule has 3 rings (SSSR count). The molecule has 6 atom stereocenters. The summed E-state index contributed by atoms with van der Waals surface area (Å²) in [5, 5.41) is 23.4. The van der Waals surface area contributed by atoms with Crippen molar-refractivity contribution in [3.05, 3.63) is 53.1 Å². The van der Waals surface area contributed by atoms with Gasteiger partial charge >= 0.3 is 19.4 Å². The number of rotatable bonds is 11. The van der Waals surface area contributed by atoms with Gasteiger partial charge < -0.3 is 29.9 Å². The second kappa shape index (κ2) is 11.8. The van der Waals surface area contributed by atoms with Crippen LogP contribution < -0.4 is 21.0 Å². The fourth-order valence-electron chi connectivity index (χ4n) is 3.53. The SMILES string of the molecule is CC(C)OC(=O)C(C)NP(=O)(OCC1(C(F)F)OC(n2ccc(N)nc2=O)C(O)C1O)Oc1ccccc1. The van der Waals surface area contributed by atoms with E-state index in [4.69, 9.17) is 24.3 Å². The lowest BCUT2D eigenvalue weighted by Crippen LogP contribution is -2.53. The van der Waals surface area contributed by atoms with E-state index in [9.17, 15) is 33.1 Å². The molecule has 1 aliphatic heterocycles. The molecule has 6 unspecified atom stereocenters. The van der Waals surface area contributed by atoms with Crippen molar-refractivity contribution in [2.75, 3.05) is 12.3 Å². The van der Waals surface area contributed by atoms with E-state index >= 15 is 0 Å². The summed E-state index contributed by atoms with van der Waals surface area (Å²) in [6.07, 6.45) is -9.14. The Balaban J connectivity index is 1.90. The zero-order chi connectivity index (χ0) is 28.3. The highest BCUT2D eigenvalue weighted by Crippen LogP contribution is 2.49. The van der Waals surface area contributed by atoms with Crippen LogP contribution in [-0.4, -0.2) is 68.7 Å². The van der Waals surface area contributed by atoms with E-state index in [1.807, 2.05) is 0 Å². The molecule has 1 fully saturated rings. The van der Waals surface area contributed by atoms with Crippen LogP contribution in [0.1, 0.15) is 27.0 Å². The van der Waals surface area contributed by atoms with Crippen molar-refractivity contribution < 1.29 is 46.9 Å². The normalized spacial score (nSPS) is 25.8. The van der Waals surface area contributed by atoms with Crippen LogP contribution in [0.5, 0.6) is 5.75 Å². The Morgan fingerprint density at radius 3 is 2.50 bits per heavy atom. The van der Waals surface area contributed by atoms with E-state index in [1.54, 1.807) is 32.0 Å². The number of aliphatic hydroxyl groups is 2. The molecule has 1 aromatic heterocycles. The second-order valence-corrected chi connectivity index (χ2v) is 10.4. The predicted octanol–water partition coefficient (Wildman–Crippen LogP) is 1.21. The molecule has 0 radical (unpaired) electrons. The fourth-order valence-corrected chi connectivity index (χ4v) is 5.06. The Kier molecular flexibility index (Phi) is 9.23. The van der Waals surface area contributed by atoms with Gasteiger partial charge in [0.05, 0.1) is 12.7 Å². The molecule has 0 spiro atoms. The smallest absolute Gasteiger partial charge is 0.459 e. The molecule has 0 aliphatic carbocycles. The molecule has 38 heavy (non-hydrogen) atoms. The topological polar surface area (TPSA) is 184 Å². The van der Waals surface area contributed by atoms with Gasteiger partial charge in [-0.25, -0.2) is 18.1 Å². The number of nitrogens with two attached hydrogens (primary N) is 1. The number of benzene rings is 1. The predicted molar refractivity (Wildman–Crippen MR) is 128 cm³/mol. The van der Waals surface area contributed by atoms with Gasteiger partial charge in [-0.15, -0.1) is 0 Å². The highest BCUT2D eigenvalue weighted by Gasteiger charge is 2.61. The van der Waals surface area contributed by atoms with Crippen molar-refractivity contribution in [3.8, 4) is 5.75 Å². The third kappa shape index (κ3) is 6.54. The average molecular weight is 562 g/mol. The van der Waals surface area contributed by atoms with E-state index < -0.39 is 68.6 Å². The number of ether oxygens (including phenoxy) is 2. The molecule has 16 heteroatoms. The fraction of sp³-hybridized carbons (Fsp3) is 0.500. The van der Waals surface area contributed by atoms with E-state index in [1.165, 1.54) is 19.1 Å². The highest BCUT2D eigenvalue weighted by atomic mass is 31.2. The lowest BCUT2D eigenvalue weighted by molar-refractivity contribution is -0.192. The van der Waals surface area contributed by atoms with Gasteiger partial charge in [0.1, 0.15) is 29.8 Å². The van der Waals surface area contributed by atoms with Crippen molar-refractivity contribution in [1.82, 2.24) is 14.6 Å². The maximum atomic E-state index is 14.4. The number of para-hydroxylation sites is 1. The van der Waals surface area contributed by atoms with E-state index in [2.05, 4.69) is 10.1 Å². The third-order valence-corrected chi connectivity index (χ3v) is 7.06. The molecule has 5 N–H and O–H groups in total. The first-order chi connectivity index (χ1) is 17.8. The average Bonchev–Trinajstić information content (AvgIpc) is 3.09. The molecule has 0 saturated carbocycles. The number of carbonyl (C=O) groups excluding carboxylic acids is 1. The van der Waals surface area contributed by atoms with Crippen molar-refractivity contribution in [1.29, 1.82) is 0 Å². The summed E-state index contributed by atoms with van der Waals surface area (Å²) in [5.74, 6) is -0.992. The summed E-state index contributed by atoms with van der Waals surface area (Å²) in [4.78, 5) is 27.9. The Labute approximate surface area is 216 Å². The first-order valence-electron chi connectivity index (χ1n) is 11.4. The Hall–Kier alpha value is -2.94. The van der Waals surface area contributed by atoms with Crippen LogP contribution >= 0.6 is 7.75 Å². The summed E-state index contributed by atoms with van der Waals surface area (Å²) in [6, 6.07) is 7.41. The molecule has 1 aromatic carbocycles. The molecular formula is C22H29F2N4O9P. The van der Waals surface area contributed by atoms with Gasteiger partial charge in [0.2, 0.25) is 0 Å². The minimum absolute atomic E-state index is 0.00385. The van der Waals surface area contributed by atoms with Gasteiger partial charge in [-0.1, -0.05) is 18.2 Å². The minimum Gasteiger partial charge on any atom is -0.462 e. The molecule has 1 saturated heterocycles. The second-order valence-electron chi connectivity index (χ2n) is 8.75. The number of anilines is 1. The van der Waals surface area contributed by atoms with Crippen LogP contribution in [0.25, 0.3) is 0 Å². The van der Waals surface area contributed by atoms with Crippen LogP contribution in [0.3, 0.4) is 0 Å². The number of esters is 1. The van der Waals surface area contributed by atoms with Gasteiger partial charge in [-0.05, 0) is 39.0 Å². The number of nitrogens with one attached hydrogen (secondary N) is 1. The zero-order valence-corrected chi connectivity index (χ0v) is 21.5. The maximum absolute atomic E-state index is 14.4. The van der Waals surface area contributed by atoms with Crippen molar-refractivity contribution in [2.45, 2.75) is 63.4 Å². The molecule has 1 aliphatic rings. The Morgan fingerprint density at radius 1 is 1.26 bits per heavy atom. The van der Waals surface area contributed by atoms with Crippen LogP contribution in [0.2, 0.25) is 0 Å². The molecule has 13 nitrogen and oxygen atoms in total. The third-order valence-electron chi connectivity index (χ3n) is 5.44. The first-order valence-corrected chi connectivity index (χ1v) is 13.0. The van der Waals surface area contributed by atoms with E-state index in [-0.39, 0.29) is 11.6 Å². The number of carbonyl (C=O) groups is 1. The number of hydrogen-bond acceptors (Lipinski definition) is 11. The summed E-state index contributed by atoms with van der Waals surface area (Å²) < 4.78 is 64.1. The van der Waals surface area contributed by atoms with Crippen molar-refractivity contribution >= 4 is 19.5 Å². The number of aromatic nitrogens is 2. The van der Waals surface area contributed by atoms with Crippen molar-refractivity contribution in [2.24, 2.45) is 0 Å². The molecule has 0 bridgehead atoms. The van der Waals surface area contributed by atoms with E-state index in [0.717, 1.165) is 12.3 Å². The van der Waals surface area contributed by atoms with E-state index in [0.29, 0.717) is 4.57 Å². The number of nitrogen functional groups attached to an aromatic ring is 1. The summed E-state index contributed by atoms with van der Waals surface area (Å²) in [6.45, 7) is 3.19. The first kappa shape index (κ1) is 29.6. The number of alkyl halides is 2. The van der Waals surface area contributed by atoms with Crippen LogP contribution in [0.15, 0.2) is 47.4 Å². The molecule has 2 heterocycles. The minimum atomic E-state index is -4.64. The summed E-state index contributed by atoms with van der Waals surface area (Å²) in [7, 11) is -4.64. The van der Waals surface area contributed by atoms with Gasteiger partial charge in [0.25, 0.3) is 6.43 Å².